The highest BCUT2D eigenvalue weighted by atomic mass is 79.9. The van der Waals surface area contributed by atoms with Gasteiger partial charge in [-0.2, -0.15) is 0 Å². The van der Waals surface area contributed by atoms with Gasteiger partial charge in [-0.05, 0) is 17.7 Å². The van der Waals surface area contributed by atoms with Crippen LogP contribution >= 0.6 is 15.9 Å². The predicted molar refractivity (Wildman–Crippen MR) is 90.5 cm³/mol. The van der Waals surface area contributed by atoms with Gasteiger partial charge in [-0.15, -0.1) is 0 Å². The van der Waals surface area contributed by atoms with Gasteiger partial charge >= 0.3 is 0 Å². The normalized spacial score (nSPS) is 10.8. The maximum atomic E-state index is 12.6. The van der Waals surface area contributed by atoms with Crippen molar-refractivity contribution >= 4 is 26.9 Å². The van der Waals surface area contributed by atoms with Gasteiger partial charge in [0.1, 0.15) is 34.5 Å². The lowest BCUT2D eigenvalue weighted by atomic mass is 10.0. The third-order valence-electron chi connectivity index (χ3n) is 3.35. The highest BCUT2D eigenvalue weighted by molar-refractivity contribution is 9.09. The molecular weight excluding hydrogens is 364 g/mol. The fourth-order valence-electron chi connectivity index (χ4n) is 2.29. The molecule has 0 radical (unpaired) electrons. The van der Waals surface area contributed by atoms with E-state index in [1.807, 2.05) is 0 Å². The van der Waals surface area contributed by atoms with Crippen LogP contribution in [0.25, 0.3) is 22.1 Å². The van der Waals surface area contributed by atoms with Crippen LogP contribution in [0, 0.1) is 0 Å². The summed E-state index contributed by atoms with van der Waals surface area (Å²) >= 11 is 3.25. The third kappa shape index (κ3) is 3.03. The lowest BCUT2D eigenvalue weighted by molar-refractivity contribution is 0.342. The second-order valence-electron chi connectivity index (χ2n) is 4.88. The summed E-state index contributed by atoms with van der Waals surface area (Å²) in [5.41, 5.74) is 0.808. The molecule has 0 aliphatic heterocycles. The summed E-state index contributed by atoms with van der Waals surface area (Å²) < 4.78 is 10.9. The summed E-state index contributed by atoms with van der Waals surface area (Å²) in [7, 11) is 0. The van der Waals surface area contributed by atoms with E-state index in [4.69, 9.17) is 9.15 Å². The largest absolute Gasteiger partial charge is 0.508 e. The summed E-state index contributed by atoms with van der Waals surface area (Å²) in [6.07, 6.45) is 1.34. The Morgan fingerprint density at radius 2 is 1.87 bits per heavy atom. The van der Waals surface area contributed by atoms with E-state index < -0.39 is 0 Å². The first-order valence-electron chi connectivity index (χ1n) is 6.87. The summed E-state index contributed by atoms with van der Waals surface area (Å²) in [4.78, 5) is 12.6. The molecule has 0 amide bonds. The monoisotopic (exact) mass is 376 g/mol. The lowest BCUT2D eigenvalue weighted by Gasteiger charge is -2.08. The average Bonchev–Trinajstić information content (AvgIpc) is 2.54. The summed E-state index contributed by atoms with van der Waals surface area (Å²) in [6.45, 7) is 0.431. The van der Waals surface area contributed by atoms with Gasteiger partial charge < -0.3 is 19.4 Å². The van der Waals surface area contributed by atoms with Crippen LogP contribution in [0.1, 0.15) is 0 Å². The number of hydrogen-bond acceptors (Lipinski definition) is 5. The second-order valence-corrected chi connectivity index (χ2v) is 5.67. The van der Waals surface area contributed by atoms with Crippen molar-refractivity contribution in [3.63, 3.8) is 0 Å². The Morgan fingerprint density at radius 1 is 1.13 bits per heavy atom. The van der Waals surface area contributed by atoms with Crippen LogP contribution in [0.2, 0.25) is 0 Å². The van der Waals surface area contributed by atoms with Gasteiger partial charge in [-0.1, -0.05) is 28.1 Å². The van der Waals surface area contributed by atoms with Crippen molar-refractivity contribution in [2.24, 2.45) is 0 Å². The molecule has 0 atom stereocenters. The van der Waals surface area contributed by atoms with E-state index in [-0.39, 0.29) is 27.9 Å². The first-order chi connectivity index (χ1) is 11.1. The van der Waals surface area contributed by atoms with E-state index in [1.54, 1.807) is 18.2 Å². The van der Waals surface area contributed by atoms with Crippen molar-refractivity contribution < 1.29 is 19.4 Å². The molecule has 0 aliphatic carbocycles. The van der Waals surface area contributed by atoms with Gasteiger partial charge in [0.25, 0.3) is 0 Å². The lowest BCUT2D eigenvalue weighted by Crippen LogP contribution is -2.05. The molecule has 23 heavy (non-hydrogen) atoms. The standard InChI is InChI=1S/C17H13BrO5/c18-5-6-22-12-7-14(20)16-15(8-12)23-9-13(17(16)21)10-1-3-11(19)4-2-10/h1-4,7-9,19-20H,5-6H2. The molecule has 6 heteroatoms. The highest BCUT2D eigenvalue weighted by Crippen LogP contribution is 2.30. The first kappa shape index (κ1) is 15.4. The van der Waals surface area contributed by atoms with Gasteiger partial charge in [0, 0.05) is 17.5 Å². The molecule has 0 saturated heterocycles. The fraction of sp³-hybridized carbons (Fsp3) is 0.118. The molecule has 0 fully saturated rings. The Labute approximate surface area is 139 Å². The van der Waals surface area contributed by atoms with E-state index in [2.05, 4.69) is 15.9 Å². The van der Waals surface area contributed by atoms with Gasteiger partial charge in [0.2, 0.25) is 5.43 Å². The molecule has 1 heterocycles. The van der Waals surface area contributed by atoms with Crippen LogP contribution in [-0.2, 0) is 0 Å². The summed E-state index contributed by atoms with van der Waals surface area (Å²) in [5, 5.41) is 20.2. The van der Waals surface area contributed by atoms with Crippen molar-refractivity contribution in [1.29, 1.82) is 0 Å². The van der Waals surface area contributed by atoms with Crippen LogP contribution in [0.5, 0.6) is 17.2 Å². The van der Waals surface area contributed by atoms with Crippen molar-refractivity contribution in [3.8, 4) is 28.4 Å². The molecule has 0 saturated carbocycles. The molecule has 118 valence electrons. The molecule has 1 aromatic heterocycles. The van der Waals surface area contributed by atoms with Gasteiger partial charge in [-0.3, -0.25) is 4.79 Å². The van der Waals surface area contributed by atoms with Crippen LogP contribution in [0.3, 0.4) is 0 Å². The predicted octanol–water partition coefficient (Wildman–Crippen LogP) is 3.64. The Balaban J connectivity index is 2.14. The van der Waals surface area contributed by atoms with Crippen molar-refractivity contribution in [2.45, 2.75) is 0 Å². The number of halogens is 1. The van der Waals surface area contributed by atoms with Gasteiger partial charge in [0.05, 0.1) is 12.2 Å². The molecule has 5 nitrogen and oxygen atoms in total. The number of phenolic OH excluding ortho intramolecular Hbond substituents is 2. The Bertz CT molecular complexity index is 899. The SMILES string of the molecule is O=c1c(-c2ccc(O)cc2)coc2cc(OCCBr)cc(O)c12. The van der Waals surface area contributed by atoms with Crippen LogP contribution in [-0.4, -0.2) is 22.2 Å². The number of fused-ring (bicyclic) bond motifs is 1. The van der Waals surface area contributed by atoms with Crippen molar-refractivity contribution in [3.05, 3.63) is 52.9 Å². The number of benzene rings is 2. The van der Waals surface area contributed by atoms with E-state index in [0.29, 0.717) is 28.8 Å². The minimum Gasteiger partial charge on any atom is -0.508 e. The number of hydrogen-bond donors (Lipinski definition) is 2. The molecule has 0 bridgehead atoms. The number of rotatable bonds is 4. The van der Waals surface area contributed by atoms with E-state index in [9.17, 15) is 15.0 Å². The zero-order valence-electron chi connectivity index (χ0n) is 12.0. The second kappa shape index (κ2) is 6.34. The molecule has 0 unspecified atom stereocenters. The van der Waals surface area contributed by atoms with E-state index >= 15 is 0 Å². The van der Waals surface area contributed by atoms with Crippen LogP contribution in [0.15, 0.2) is 51.9 Å². The summed E-state index contributed by atoms with van der Waals surface area (Å²) in [6, 6.07) is 9.14. The quantitative estimate of drug-likeness (QED) is 0.679. The molecule has 0 aliphatic rings. The topological polar surface area (TPSA) is 79.9 Å². The molecule has 2 N–H and O–H groups in total. The number of phenols is 2. The molecule has 3 rings (SSSR count). The number of alkyl halides is 1. The molecular formula is C17H13BrO5. The minimum atomic E-state index is -0.346. The Hall–Kier alpha value is -2.47. The number of aromatic hydroxyl groups is 2. The van der Waals surface area contributed by atoms with E-state index in [1.165, 1.54) is 24.5 Å². The molecule has 0 spiro atoms. The third-order valence-corrected chi connectivity index (χ3v) is 3.68. The van der Waals surface area contributed by atoms with Crippen molar-refractivity contribution in [2.75, 3.05) is 11.9 Å². The summed E-state index contributed by atoms with van der Waals surface area (Å²) in [5.74, 6) is 0.340. The number of ether oxygens (including phenoxy) is 1. The molecule has 3 aromatic rings. The zero-order valence-corrected chi connectivity index (χ0v) is 13.5. The van der Waals surface area contributed by atoms with Crippen molar-refractivity contribution in [1.82, 2.24) is 0 Å². The van der Waals surface area contributed by atoms with E-state index in [0.717, 1.165) is 0 Å². The minimum absolute atomic E-state index is 0.0989. The van der Waals surface area contributed by atoms with Gasteiger partial charge in [-0.25, -0.2) is 0 Å². The average molecular weight is 377 g/mol. The van der Waals surface area contributed by atoms with Crippen LogP contribution < -0.4 is 10.2 Å². The first-order valence-corrected chi connectivity index (χ1v) is 7.99. The van der Waals surface area contributed by atoms with Gasteiger partial charge in [0.15, 0.2) is 0 Å². The maximum Gasteiger partial charge on any atom is 0.204 e. The Morgan fingerprint density at radius 3 is 2.57 bits per heavy atom. The zero-order chi connectivity index (χ0) is 16.4. The van der Waals surface area contributed by atoms with Crippen LogP contribution in [0.4, 0.5) is 0 Å². The maximum absolute atomic E-state index is 12.6. The fourth-order valence-corrected chi connectivity index (χ4v) is 2.45. The highest BCUT2D eigenvalue weighted by Gasteiger charge is 2.14. The Kier molecular flexibility index (Phi) is 4.25. The molecule has 2 aromatic carbocycles. The smallest absolute Gasteiger partial charge is 0.204 e.